The molecule has 0 aliphatic carbocycles. The van der Waals surface area contributed by atoms with Crippen LogP contribution in [-0.4, -0.2) is 69.4 Å². The molecule has 2 amide bonds. The molecule has 0 spiro atoms. The predicted molar refractivity (Wildman–Crippen MR) is 171 cm³/mol. The van der Waals surface area contributed by atoms with E-state index in [0.29, 0.717) is 49.2 Å². The SMILES string of the molecule is CCc1cc(C)ncc1-c1cc(C2=CCCN(C(=O)CCn3ccnn3)C2)c(F)c2[nH]c(C(=O)N3Cc4cnn(CC)c4C3)cc12. The number of nitrogens with zero attached hydrogens (tertiary/aromatic N) is 8. The molecule has 0 fully saturated rings. The Bertz CT molecular complexity index is 1990. The summed E-state index contributed by atoms with van der Waals surface area (Å²) in [4.78, 5) is 38.3. The molecule has 0 saturated carbocycles. The lowest BCUT2D eigenvalue weighted by atomic mass is 9.91. The average Bonchev–Trinajstić information content (AvgIpc) is 3.88. The van der Waals surface area contributed by atoms with Gasteiger partial charge >= 0.3 is 0 Å². The van der Waals surface area contributed by atoms with E-state index in [1.807, 2.05) is 43.1 Å². The minimum atomic E-state index is -0.439. The van der Waals surface area contributed by atoms with Crippen molar-refractivity contribution in [1.82, 2.24) is 44.5 Å². The van der Waals surface area contributed by atoms with E-state index in [4.69, 9.17) is 0 Å². The van der Waals surface area contributed by atoms with Gasteiger partial charge < -0.3 is 14.8 Å². The van der Waals surface area contributed by atoms with Crippen molar-refractivity contribution >= 4 is 28.3 Å². The number of benzene rings is 1. The van der Waals surface area contributed by atoms with Gasteiger partial charge in [0.1, 0.15) is 5.69 Å². The molecular formula is C34H36FN9O2. The van der Waals surface area contributed by atoms with E-state index >= 15 is 4.39 Å². The monoisotopic (exact) mass is 621 g/mol. The van der Waals surface area contributed by atoms with E-state index in [0.717, 1.165) is 52.2 Å². The van der Waals surface area contributed by atoms with Gasteiger partial charge in [-0.15, -0.1) is 5.10 Å². The van der Waals surface area contributed by atoms with Crippen LogP contribution in [-0.2, 0) is 37.4 Å². The maximum Gasteiger partial charge on any atom is 0.270 e. The summed E-state index contributed by atoms with van der Waals surface area (Å²) in [7, 11) is 0. The van der Waals surface area contributed by atoms with Gasteiger partial charge in [0.2, 0.25) is 5.91 Å². The highest BCUT2D eigenvalue weighted by Gasteiger charge is 2.30. The lowest BCUT2D eigenvalue weighted by Crippen LogP contribution is -2.36. The largest absolute Gasteiger partial charge is 0.348 e. The lowest BCUT2D eigenvalue weighted by molar-refractivity contribution is -0.131. The minimum absolute atomic E-state index is 0.0237. The third-order valence-electron chi connectivity index (χ3n) is 9.08. The van der Waals surface area contributed by atoms with Crippen molar-refractivity contribution in [2.45, 2.75) is 66.2 Å². The van der Waals surface area contributed by atoms with Gasteiger partial charge in [0.15, 0.2) is 5.82 Å². The molecule has 2 aliphatic rings. The second-order valence-corrected chi connectivity index (χ2v) is 11.9. The summed E-state index contributed by atoms with van der Waals surface area (Å²) < 4.78 is 20.2. The van der Waals surface area contributed by atoms with Gasteiger partial charge in [-0.3, -0.25) is 23.9 Å². The molecule has 46 heavy (non-hydrogen) atoms. The fourth-order valence-corrected chi connectivity index (χ4v) is 6.65. The first kappa shape index (κ1) is 29.6. The third-order valence-corrected chi connectivity index (χ3v) is 9.08. The predicted octanol–water partition coefficient (Wildman–Crippen LogP) is 4.91. The average molecular weight is 622 g/mol. The highest BCUT2D eigenvalue weighted by atomic mass is 19.1. The fourth-order valence-electron chi connectivity index (χ4n) is 6.65. The number of halogens is 1. The quantitative estimate of drug-likeness (QED) is 0.263. The van der Waals surface area contributed by atoms with E-state index < -0.39 is 5.82 Å². The number of hydrogen-bond donors (Lipinski definition) is 1. The number of carbonyl (C=O) groups is 2. The molecule has 6 heterocycles. The van der Waals surface area contributed by atoms with Gasteiger partial charge in [-0.25, -0.2) is 4.39 Å². The lowest BCUT2D eigenvalue weighted by Gasteiger charge is -2.28. The van der Waals surface area contributed by atoms with Crippen molar-refractivity contribution in [2.75, 3.05) is 13.1 Å². The zero-order valence-corrected chi connectivity index (χ0v) is 26.3. The topological polar surface area (TPSA) is 118 Å². The van der Waals surface area contributed by atoms with Crippen LogP contribution < -0.4 is 0 Å². The van der Waals surface area contributed by atoms with Gasteiger partial charge in [-0.1, -0.05) is 18.2 Å². The van der Waals surface area contributed by atoms with Crippen LogP contribution in [0.2, 0.25) is 0 Å². The van der Waals surface area contributed by atoms with Gasteiger partial charge in [0.05, 0.1) is 36.7 Å². The van der Waals surface area contributed by atoms with E-state index in [1.165, 1.54) is 0 Å². The van der Waals surface area contributed by atoms with Crippen LogP contribution in [0.5, 0.6) is 0 Å². The van der Waals surface area contributed by atoms with Crippen LogP contribution in [0.25, 0.3) is 27.6 Å². The molecule has 4 aromatic heterocycles. The van der Waals surface area contributed by atoms with E-state index in [-0.39, 0.29) is 30.3 Å². The van der Waals surface area contributed by atoms with Gasteiger partial charge in [-0.05, 0) is 61.6 Å². The van der Waals surface area contributed by atoms with E-state index in [9.17, 15) is 9.59 Å². The standard InChI is InChI=1S/C34H36FN9O2/c1-4-22-13-21(3)36-17-28(22)26-14-25(23-7-6-10-41(18-23)31(45)8-11-43-12-9-37-40-43)32(35)33-27(26)15-29(39-33)34(46)42-19-24-16-38-44(5-2)30(24)20-42/h7,9,12-17,39H,4-6,8,10-11,18-20H2,1-3H3. The van der Waals surface area contributed by atoms with Crippen molar-refractivity contribution in [3.8, 4) is 11.1 Å². The summed E-state index contributed by atoms with van der Waals surface area (Å²) in [6, 6.07) is 5.68. The van der Waals surface area contributed by atoms with Crippen LogP contribution in [0.3, 0.4) is 0 Å². The molecule has 12 heteroatoms. The Balaban J connectivity index is 1.26. The summed E-state index contributed by atoms with van der Waals surface area (Å²) in [5.74, 6) is -0.657. The van der Waals surface area contributed by atoms with Gasteiger partial charge in [-0.2, -0.15) is 5.10 Å². The van der Waals surface area contributed by atoms with Crippen molar-refractivity contribution in [3.05, 3.63) is 88.7 Å². The first-order valence-electron chi connectivity index (χ1n) is 15.8. The Morgan fingerprint density at radius 3 is 2.67 bits per heavy atom. The summed E-state index contributed by atoms with van der Waals surface area (Å²) in [5.41, 5.74) is 7.49. The number of H-pyrrole nitrogens is 1. The minimum Gasteiger partial charge on any atom is -0.348 e. The molecule has 5 aromatic rings. The molecule has 0 atom stereocenters. The number of carbonyl (C=O) groups excluding carboxylic acids is 2. The number of rotatable bonds is 8. The van der Waals surface area contributed by atoms with Crippen LogP contribution in [0.15, 0.2) is 49.1 Å². The third kappa shape index (κ3) is 5.27. The number of pyridine rings is 1. The maximum absolute atomic E-state index is 16.6. The first-order chi connectivity index (χ1) is 22.3. The maximum atomic E-state index is 16.6. The summed E-state index contributed by atoms with van der Waals surface area (Å²) in [6.45, 7) is 8.98. The molecule has 0 radical (unpaired) electrons. The van der Waals surface area contributed by atoms with Crippen LogP contribution in [0.4, 0.5) is 4.39 Å². The summed E-state index contributed by atoms with van der Waals surface area (Å²) >= 11 is 0. The molecule has 7 rings (SSSR count). The van der Waals surface area contributed by atoms with Crippen molar-refractivity contribution < 1.29 is 14.0 Å². The second-order valence-electron chi connectivity index (χ2n) is 11.9. The van der Waals surface area contributed by atoms with Crippen LogP contribution in [0.1, 0.15) is 65.3 Å². The number of amides is 2. The van der Waals surface area contributed by atoms with E-state index in [1.54, 1.807) is 32.9 Å². The highest BCUT2D eigenvalue weighted by Crippen LogP contribution is 2.38. The number of aromatic nitrogens is 7. The van der Waals surface area contributed by atoms with Crippen molar-refractivity contribution in [2.24, 2.45) is 0 Å². The summed E-state index contributed by atoms with van der Waals surface area (Å²) in [6.07, 6.45) is 10.6. The second kappa shape index (κ2) is 12.0. The van der Waals surface area contributed by atoms with Crippen LogP contribution in [0, 0.1) is 12.7 Å². The van der Waals surface area contributed by atoms with Crippen molar-refractivity contribution in [3.63, 3.8) is 0 Å². The summed E-state index contributed by atoms with van der Waals surface area (Å²) in [5, 5.41) is 12.8. The van der Waals surface area contributed by atoms with Crippen LogP contribution >= 0.6 is 0 Å². The Hall–Kier alpha value is -5.13. The molecule has 236 valence electrons. The van der Waals surface area contributed by atoms with Gasteiger partial charge in [0, 0.05) is 72.8 Å². The molecule has 11 nitrogen and oxygen atoms in total. The fraction of sp³-hybridized carbons (Fsp3) is 0.353. The number of aryl methyl sites for hydroxylation is 4. The van der Waals surface area contributed by atoms with E-state index in [2.05, 4.69) is 38.4 Å². The first-order valence-corrected chi connectivity index (χ1v) is 15.8. The number of nitrogens with one attached hydrogen (secondary N) is 1. The normalized spacial score (nSPS) is 14.7. The molecular weight excluding hydrogens is 585 g/mol. The zero-order chi connectivity index (χ0) is 31.9. The Kier molecular flexibility index (Phi) is 7.71. The molecule has 0 unspecified atom stereocenters. The Morgan fingerprint density at radius 2 is 1.89 bits per heavy atom. The number of hydrogen-bond acceptors (Lipinski definition) is 6. The molecule has 0 bridgehead atoms. The Labute approximate surface area is 265 Å². The number of aromatic amines is 1. The molecule has 2 aliphatic heterocycles. The highest BCUT2D eigenvalue weighted by molar-refractivity contribution is 6.05. The smallest absolute Gasteiger partial charge is 0.270 e. The molecule has 1 aromatic carbocycles. The van der Waals surface area contributed by atoms with Crippen molar-refractivity contribution in [1.29, 1.82) is 0 Å². The Morgan fingerprint density at radius 1 is 1.02 bits per heavy atom. The van der Waals surface area contributed by atoms with Gasteiger partial charge in [0.25, 0.3) is 5.91 Å². The molecule has 0 saturated heterocycles. The molecule has 1 N–H and O–H groups in total. The zero-order valence-electron chi connectivity index (χ0n) is 26.3. The number of fused-ring (bicyclic) bond motifs is 2.